The summed E-state index contributed by atoms with van der Waals surface area (Å²) in [6.45, 7) is 3.28. The van der Waals surface area contributed by atoms with Gasteiger partial charge in [-0.1, -0.05) is 46.9 Å². The summed E-state index contributed by atoms with van der Waals surface area (Å²) in [7, 11) is 3.93. The Morgan fingerprint density at radius 1 is 0.806 bits per heavy atom. The van der Waals surface area contributed by atoms with Crippen molar-refractivity contribution in [1.29, 1.82) is 0 Å². The average molecular weight is 478 g/mol. The van der Waals surface area contributed by atoms with Crippen molar-refractivity contribution in [3.63, 3.8) is 0 Å². The summed E-state index contributed by atoms with van der Waals surface area (Å²) in [5, 5.41) is 5.09. The fourth-order valence-corrected chi connectivity index (χ4v) is 3.99. The Balaban J connectivity index is 1.54. The molecule has 1 fully saturated rings. The van der Waals surface area contributed by atoms with E-state index in [2.05, 4.69) is 21.2 Å². The summed E-state index contributed by atoms with van der Waals surface area (Å²) >= 11 is 18.6. The van der Waals surface area contributed by atoms with Gasteiger partial charge in [0.05, 0.1) is 20.8 Å². The van der Waals surface area contributed by atoms with Crippen LogP contribution in [0.5, 0.6) is 0 Å². The molecule has 0 unspecified atom stereocenters. The van der Waals surface area contributed by atoms with Crippen molar-refractivity contribution in [2.45, 2.75) is 0 Å². The van der Waals surface area contributed by atoms with Crippen molar-refractivity contribution in [2.24, 2.45) is 0 Å². The number of para-hydroxylation sites is 1. The quantitative estimate of drug-likeness (QED) is 0.518. The van der Waals surface area contributed by atoms with Gasteiger partial charge >= 0.3 is 0 Å². The highest BCUT2D eigenvalue weighted by atomic mass is 35.5. The molecule has 31 heavy (non-hydrogen) atoms. The summed E-state index contributed by atoms with van der Waals surface area (Å²) in [5.41, 5.74) is 1.88. The van der Waals surface area contributed by atoms with E-state index in [1.807, 2.05) is 49.3 Å². The molecule has 0 radical (unpaired) electrons. The molecule has 162 valence electrons. The maximum atomic E-state index is 6.37. The molecular weight excluding hydrogens is 455 g/mol. The molecule has 9 heteroatoms. The van der Waals surface area contributed by atoms with Crippen molar-refractivity contribution in [3.05, 3.63) is 63.6 Å². The number of hydrogen-bond donors (Lipinski definition) is 1. The number of piperazine rings is 1. The SMILES string of the molecule is CN(C)c1cc(Nc2ccc(Cl)c(Cl)c2)nc(N2CCN(c3ccccc3Cl)CC2)n1. The third kappa shape index (κ3) is 5.09. The Hall–Kier alpha value is -2.41. The van der Waals surface area contributed by atoms with Gasteiger partial charge in [0.2, 0.25) is 5.95 Å². The lowest BCUT2D eigenvalue weighted by Crippen LogP contribution is -2.47. The second kappa shape index (κ2) is 9.39. The third-order valence-electron chi connectivity index (χ3n) is 5.11. The Labute approximate surface area is 197 Å². The lowest BCUT2D eigenvalue weighted by Gasteiger charge is -2.36. The van der Waals surface area contributed by atoms with E-state index in [4.69, 9.17) is 44.8 Å². The van der Waals surface area contributed by atoms with E-state index < -0.39 is 0 Å². The van der Waals surface area contributed by atoms with Crippen LogP contribution < -0.4 is 20.0 Å². The van der Waals surface area contributed by atoms with Gasteiger partial charge in [0.15, 0.2) is 0 Å². The topological polar surface area (TPSA) is 47.5 Å². The van der Waals surface area contributed by atoms with Gasteiger partial charge in [-0.3, -0.25) is 0 Å². The van der Waals surface area contributed by atoms with Crippen LogP contribution in [0.3, 0.4) is 0 Å². The molecule has 4 rings (SSSR count). The predicted molar refractivity (Wildman–Crippen MR) is 132 cm³/mol. The van der Waals surface area contributed by atoms with E-state index in [9.17, 15) is 0 Å². The van der Waals surface area contributed by atoms with E-state index in [-0.39, 0.29) is 0 Å². The van der Waals surface area contributed by atoms with Gasteiger partial charge in [-0.2, -0.15) is 9.97 Å². The summed E-state index contributed by atoms with van der Waals surface area (Å²) in [5.74, 6) is 2.20. The minimum absolute atomic E-state index is 0.490. The zero-order chi connectivity index (χ0) is 22.0. The summed E-state index contributed by atoms with van der Waals surface area (Å²) in [6.07, 6.45) is 0. The number of nitrogens with zero attached hydrogens (tertiary/aromatic N) is 5. The van der Waals surface area contributed by atoms with Crippen LogP contribution in [0.1, 0.15) is 0 Å². The summed E-state index contributed by atoms with van der Waals surface area (Å²) in [6, 6.07) is 15.3. The molecule has 1 saturated heterocycles. The Morgan fingerprint density at radius 2 is 1.52 bits per heavy atom. The lowest BCUT2D eigenvalue weighted by atomic mass is 10.2. The molecule has 1 aromatic heterocycles. The minimum atomic E-state index is 0.490. The molecule has 1 aliphatic heterocycles. The number of benzene rings is 2. The van der Waals surface area contributed by atoms with Crippen LogP contribution >= 0.6 is 34.8 Å². The number of aromatic nitrogens is 2. The molecule has 1 N–H and O–H groups in total. The molecule has 1 aliphatic rings. The first-order chi connectivity index (χ1) is 14.9. The van der Waals surface area contributed by atoms with E-state index in [0.29, 0.717) is 21.8 Å². The highest BCUT2D eigenvalue weighted by Gasteiger charge is 2.22. The Kier molecular flexibility index (Phi) is 6.60. The largest absolute Gasteiger partial charge is 0.367 e. The van der Waals surface area contributed by atoms with Crippen molar-refractivity contribution >= 4 is 63.8 Å². The molecule has 0 saturated carbocycles. The summed E-state index contributed by atoms with van der Waals surface area (Å²) < 4.78 is 0. The van der Waals surface area contributed by atoms with Gasteiger partial charge < -0.3 is 20.0 Å². The molecule has 2 aromatic carbocycles. The van der Waals surface area contributed by atoms with Gasteiger partial charge in [-0.25, -0.2) is 0 Å². The van der Waals surface area contributed by atoms with Crippen molar-refractivity contribution in [2.75, 3.05) is 60.3 Å². The van der Waals surface area contributed by atoms with Crippen LogP contribution in [0.15, 0.2) is 48.5 Å². The monoisotopic (exact) mass is 476 g/mol. The first-order valence-corrected chi connectivity index (χ1v) is 11.1. The fraction of sp³-hybridized carbons (Fsp3) is 0.273. The number of anilines is 5. The van der Waals surface area contributed by atoms with Crippen molar-refractivity contribution < 1.29 is 0 Å². The predicted octanol–water partition coefficient (Wildman–Crippen LogP) is 5.57. The Bertz CT molecular complexity index is 1070. The lowest BCUT2D eigenvalue weighted by molar-refractivity contribution is 0.640. The first-order valence-electron chi connectivity index (χ1n) is 9.93. The normalized spacial score (nSPS) is 14.0. The highest BCUT2D eigenvalue weighted by Crippen LogP contribution is 2.29. The smallest absolute Gasteiger partial charge is 0.229 e. The highest BCUT2D eigenvalue weighted by molar-refractivity contribution is 6.42. The molecule has 2 heterocycles. The zero-order valence-electron chi connectivity index (χ0n) is 17.3. The first kappa shape index (κ1) is 21.8. The van der Waals surface area contributed by atoms with E-state index in [0.717, 1.165) is 48.4 Å². The molecule has 0 atom stereocenters. The number of halogens is 3. The number of rotatable bonds is 5. The zero-order valence-corrected chi connectivity index (χ0v) is 19.6. The number of hydrogen-bond acceptors (Lipinski definition) is 6. The minimum Gasteiger partial charge on any atom is -0.367 e. The van der Waals surface area contributed by atoms with E-state index in [1.54, 1.807) is 12.1 Å². The van der Waals surface area contributed by atoms with E-state index in [1.165, 1.54) is 0 Å². The van der Waals surface area contributed by atoms with Gasteiger partial charge in [0, 0.05) is 52.0 Å². The van der Waals surface area contributed by atoms with Gasteiger partial charge in [0.1, 0.15) is 11.6 Å². The van der Waals surface area contributed by atoms with Crippen molar-refractivity contribution in [1.82, 2.24) is 9.97 Å². The average Bonchev–Trinajstić information content (AvgIpc) is 2.76. The van der Waals surface area contributed by atoms with Crippen LogP contribution in [0.4, 0.5) is 29.0 Å². The van der Waals surface area contributed by atoms with Crippen LogP contribution in [-0.2, 0) is 0 Å². The second-order valence-electron chi connectivity index (χ2n) is 7.49. The van der Waals surface area contributed by atoms with Crippen LogP contribution in [0.25, 0.3) is 0 Å². The molecule has 0 amide bonds. The van der Waals surface area contributed by atoms with Crippen LogP contribution in [-0.4, -0.2) is 50.2 Å². The number of nitrogens with one attached hydrogen (secondary N) is 1. The van der Waals surface area contributed by atoms with E-state index >= 15 is 0 Å². The maximum Gasteiger partial charge on any atom is 0.229 e. The van der Waals surface area contributed by atoms with Crippen LogP contribution in [0.2, 0.25) is 15.1 Å². The summed E-state index contributed by atoms with van der Waals surface area (Å²) in [4.78, 5) is 16.0. The fourth-order valence-electron chi connectivity index (χ4n) is 3.43. The maximum absolute atomic E-state index is 6.37. The van der Waals surface area contributed by atoms with Crippen molar-refractivity contribution in [3.8, 4) is 0 Å². The molecule has 0 spiro atoms. The molecule has 3 aromatic rings. The molecule has 0 aliphatic carbocycles. The Morgan fingerprint density at radius 3 is 2.19 bits per heavy atom. The molecular formula is C22H23Cl3N6. The second-order valence-corrected chi connectivity index (χ2v) is 8.71. The third-order valence-corrected chi connectivity index (χ3v) is 6.17. The van der Waals surface area contributed by atoms with Gasteiger partial charge in [-0.05, 0) is 30.3 Å². The van der Waals surface area contributed by atoms with Gasteiger partial charge in [-0.15, -0.1) is 0 Å². The molecule has 0 bridgehead atoms. The van der Waals surface area contributed by atoms with Crippen LogP contribution in [0, 0.1) is 0 Å². The standard InChI is InChI=1S/C22H23Cl3N6/c1-29(2)21-14-20(26-15-7-8-16(23)18(25)13-15)27-22(28-21)31-11-9-30(10-12-31)19-6-4-3-5-17(19)24/h3-8,13-14H,9-12H2,1-2H3,(H,26,27,28). The molecule has 6 nitrogen and oxygen atoms in total. The van der Waals surface area contributed by atoms with Gasteiger partial charge in [0.25, 0.3) is 0 Å².